The molecule has 2 heterocycles. The smallest absolute Gasteiger partial charge is 0.198 e. The highest BCUT2D eigenvalue weighted by Gasteiger charge is 2.52. The summed E-state index contributed by atoms with van der Waals surface area (Å²) < 4.78 is 22.4. The number of nitrogens with zero attached hydrogens (tertiary/aromatic N) is 2. The fourth-order valence-corrected chi connectivity index (χ4v) is 5.95. The minimum absolute atomic E-state index is 0.0548. The summed E-state index contributed by atoms with van der Waals surface area (Å²) in [5.74, 6) is 1.24. The summed E-state index contributed by atoms with van der Waals surface area (Å²) in [6, 6.07) is 24.0. The molecule has 1 saturated carbocycles. The molecule has 3 nitrogen and oxygen atoms in total. The van der Waals surface area contributed by atoms with Gasteiger partial charge in [0.2, 0.25) is 0 Å². The first-order valence-corrected chi connectivity index (χ1v) is 12.1. The van der Waals surface area contributed by atoms with Crippen LogP contribution in [-0.4, -0.2) is 16.4 Å². The second-order valence-corrected chi connectivity index (χ2v) is 9.92. The number of benzene rings is 3. The molecular formula is C27H24BrFN2O. The molecule has 162 valence electrons. The van der Waals surface area contributed by atoms with Crippen LogP contribution in [0, 0.1) is 5.82 Å². The zero-order valence-electron chi connectivity index (χ0n) is 17.7. The van der Waals surface area contributed by atoms with E-state index >= 15 is 0 Å². The van der Waals surface area contributed by atoms with Gasteiger partial charge in [0.1, 0.15) is 11.6 Å². The highest BCUT2D eigenvalue weighted by atomic mass is 79.9. The van der Waals surface area contributed by atoms with E-state index in [4.69, 9.17) is 9.84 Å². The van der Waals surface area contributed by atoms with Gasteiger partial charge in [-0.15, -0.1) is 0 Å². The van der Waals surface area contributed by atoms with Gasteiger partial charge in [-0.3, -0.25) is 0 Å². The van der Waals surface area contributed by atoms with Crippen molar-refractivity contribution in [1.82, 2.24) is 5.01 Å². The van der Waals surface area contributed by atoms with Crippen LogP contribution in [0.15, 0.2) is 82.4 Å². The summed E-state index contributed by atoms with van der Waals surface area (Å²) in [5, 5.41) is 7.17. The molecule has 6 rings (SSSR count). The van der Waals surface area contributed by atoms with Crippen LogP contribution in [0.1, 0.15) is 60.8 Å². The van der Waals surface area contributed by atoms with Crippen LogP contribution in [-0.2, 0) is 0 Å². The van der Waals surface area contributed by atoms with Crippen molar-refractivity contribution in [3.05, 3.63) is 99.8 Å². The van der Waals surface area contributed by atoms with Crippen molar-refractivity contribution in [3.8, 4) is 5.75 Å². The van der Waals surface area contributed by atoms with Crippen LogP contribution < -0.4 is 4.74 Å². The topological polar surface area (TPSA) is 24.8 Å². The van der Waals surface area contributed by atoms with Gasteiger partial charge in [-0.1, -0.05) is 64.5 Å². The normalized spacial score (nSPS) is 26.3. The zero-order chi connectivity index (χ0) is 21.7. The highest BCUT2D eigenvalue weighted by Crippen LogP contribution is 2.53. The summed E-state index contributed by atoms with van der Waals surface area (Å²) in [5.41, 5.74) is 3.42. The summed E-state index contributed by atoms with van der Waals surface area (Å²) in [7, 11) is 0. The molecule has 3 aliphatic rings. The Balaban J connectivity index is 1.38. The predicted molar refractivity (Wildman–Crippen MR) is 127 cm³/mol. The third-order valence-corrected chi connectivity index (χ3v) is 7.67. The van der Waals surface area contributed by atoms with Crippen LogP contribution in [0.4, 0.5) is 4.39 Å². The van der Waals surface area contributed by atoms with Crippen LogP contribution in [0.25, 0.3) is 0 Å². The van der Waals surface area contributed by atoms with Crippen LogP contribution >= 0.6 is 15.9 Å². The van der Waals surface area contributed by atoms with Gasteiger partial charge in [-0.05, 0) is 48.6 Å². The van der Waals surface area contributed by atoms with Crippen molar-refractivity contribution in [2.75, 3.05) is 0 Å². The second kappa shape index (κ2) is 7.73. The quantitative estimate of drug-likeness (QED) is 0.379. The fourth-order valence-electron chi connectivity index (χ4n) is 5.57. The Hall–Kier alpha value is -2.66. The molecule has 3 aromatic carbocycles. The summed E-state index contributed by atoms with van der Waals surface area (Å²) >= 11 is 3.61. The second-order valence-electron chi connectivity index (χ2n) is 9.01. The summed E-state index contributed by atoms with van der Waals surface area (Å²) in [6.45, 7) is 0. The molecule has 2 aliphatic heterocycles. The zero-order valence-corrected chi connectivity index (χ0v) is 19.3. The van der Waals surface area contributed by atoms with Crippen molar-refractivity contribution in [1.29, 1.82) is 0 Å². The van der Waals surface area contributed by atoms with Gasteiger partial charge in [0, 0.05) is 34.9 Å². The van der Waals surface area contributed by atoms with Gasteiger partial charge < -0.3 is 4.74 Å². The van der Waals surface area contributed by atoms with Gasteiger partial charge in [0.15, 0.2) is 5.72 Å². The molecule has 0 bridgehead atoms. The maximum absolute atomic E-state index is 14.6. The monoisotopic (exact) mass is 490 g/mol. The molecule has 1 fully saturated rings. The van der Waals surface area contributed by atoms with Crippen molar-refractivity contribution >= 4 is 21.6 Å². The SMILES string of the molecule is Fc1ccccc1C1=NN2[C@H](C1)c1cc(Br)ccc1OC21CCC(c2ccccc2)CC1. The Morgan fingerprint density at radius 1 is 0.969 bits per heavy atom. The number of rotatable bonds is 2. The van der Waals surface area contributed by atoms with E-state index in [1.54, 1.807) is 6.07 Å². The molecule has 3 aromatic rings. The van der Waals surface area contributed by atoms with E-state index in [0.29, 0.717) is 17.9 Å². The summed E-state index contributed by atoms with van der Waals surface area (Å²) in [4.78, 5) is 0. The molecule has 5 heteroatoms. The van der Waals surface area contributed by atoms with Crippen LogP contribution in [0.2, 0.25) is 0 Å². The summed E-state index contributed by atoms with van der Waals surface area (Å²) in [6.07, 6.45) is 4.56. The van der Waals surface area contributed by atoms with Gasteiger partial charge in [-0.25, -0.2) is 9.40 Å². The van der Waals surface area contributed by atoms with Gasteiger partial charge in [0.25, 0.3) is 0 Å². The van der Waals surface area contributed by atoms with Crippen molar-refractivity contribution in [2.24, 2.45) is 5.10 Å². The standard InChI is InChI=1S/C27H24BrFN2O/c28-20-10-11-26-22(16-20)25-17-24(21-8-4-5-9-23(21)29)30-31(25)27(32-26)14-12-19(13-15-27)18-6-2-1-3-7-18/h1-11,16,19,25H,12-15,17H2/t19?,25-,27?/m1/s1. The Kier molecular flexibility index (Phi) is 4.83. The maximum atomic E-state index is 14.6. The van der Waals surface area contributed by atoms with Gasteiger partial charge in [-0.2, -0.15) is 5.10 Å². The van der Waals surface area contributed by atoms with Crippen molar-refractivity contribution < 1.29 is 9.13 Å². The van der Waals surface area contributed by atoms with E-state index in [1.807, 2.05) is 18.2 Å². The maximum Gasteiger partial charge on any atom is 0.198 e. The molecule has 0 amide bonds. The molecule has 0 radical (unpaired) electrons. The van der Waals surface area contributed by atoms with E-state index in [1.165, 1.54) is 11.6 Å². The fraction of sp³-hybridized carbons (Fsp3) is 0.296. The van der Waals surface area contributed by atoms with Crippen molar-refractivity contribution in [2.45, 2.75) is 49.8 Å². The van der Waals surface area contributed by atoms with E-state index in [9.17, 15) is 4.39 Å². The van der Waals surface area contributed by atoms with E-state index in [-0.39, 0.29) is 11.9 Å². The predicted octanol–water partition coefficient (Wildman–Crippen LogP) is 7.19. The number of hydrogen-bond donors (Lipinski definition) is 0. The first-order valence-electron chi connectivity index (χ1n) is 11.3. The average Bonchev–Trinajstić information content (AvgIpc) is 3.28. The first kappa shape index (κ1) is 20.0. The van der Waals surface area contributed by atoms with Crippen molar-refractivity contribution in [3.63, 3.8) is 0 Å². The minimum atomic E-state index is -0.482. The van der Waals surface area contributed by atoms with E-state index in [0.717, 1.165) is 47.2 Å². The lowest BCUT2D eigenvalue weighted by Crippen LogP contribution is -2.55. The molecule has 1 spiro atoms. The lowest BCUT2D eigenvalue weighted by Gasteiger charge is -2.50. The molecular weight excluding hydrogens is 467 g/mol. The number of fused-ring (bicyclic) bond motifs is 4. The number of ether oxygens (including phenoxy) is 1. The van der Waals surface area contributed by atoms with E-state index < -0.39 is 5.72 Å². The lowest BCUT2D eigenvalue weighted by atomic mass is 9.78. The number of hydrogen-bond acceptors (Lipinski definition) is 3. The molecule has 0 N–H and O–H groups in total. The largest absolute Gasteiger partial charge is 0.466 e. The number of hydrazone groups is 1. The lowest BCUT2D eigenvalue weighted by molar-refractivity contribution is -0.142. The average molecular weight is 491 g/mol. The van der Waals surface area contributed by atoms with Gasteiger partial charge in [0.05, 0.1) is 11.8 Å². The molecule has 32 heavy (non-hydrogen) atoms. The Labute approximate surface area is 196 Å². The molecule has 0 saturated heterocycles. The van der Waals surface area contributed by atoms with Gasteiger partial charge >= 0.3 is 0 Å². The Morgan fingerprint density at radius 2 is 1.72 bits per heavy atom. The highest BCUT2D eigenvalue weighted by molar-refractivity contribution is 9.10. The molecule has 0 unspecified atom stereocenters. The molecule has 1 atom stereocenters. The molecule has 1 aliphatic carbocycles. The minimum Gasteiger partial charge on any atom is -0.466 e. The molecule has 0 aromatic heterocycles. The Morgan fingerprint density at radius 3 is 2.50 bits per heavy atom. The Bertz CT molecular complexity index is 1190. The first-order chi connectivity index (χ1) is 15.6. The third kappa shape index (κ3) is 3.25. The third-order valence-electron chi connectivity index (χ3n) is 7.18. The van der Waals surface area contributed by atoms with Crippen LogP contribution in [0.5, 0.6) is 5.75 Å². The van der Waals surface area contributed by atoms with E-state index in [2.05, 4.69) is 63.4 Å². The number of halogens is 2. The van der Waals surface area contributed by atoms with Crippen LogP contribution in [0.3, 0.4) is 0 Å².